The Balaban J connectivity index is 2.81. The molecule has 0 heterocycles. The van der Waals surface area contributed by atoms with Crippen LogP contribution in [-0.2, 0) is 26.1 Å². The van der Waals surface area contributed by atoms with Crippen molar-refractivity contribution < 1.29 is 23.1 Å². The second-order valence-electron chi connectivity index (χ2n) is 4.10. The van der Waals surface area contributed by atoms with E-state index in [1.165, 1.54) is 0 Å². The van der Waals surface area contributed by atoms with Gasteiger partial charge in [-0.1, -0.05) is 30.3 Å². The molecule has 0 atom stereocenters. The third kappa shape index (κ3) is 5.28. The molecule has 112 valence electrons. The fraction of sp³-hybridized carbons (Fsp3) is 0.462. The number of carbonyl (C=O) groups excluding carboxylic acids is 1. The summed E-state index contributed by atoms with van der Waals surface area (Å²) in [7, 11) is -3.81. The summed E-state index contributed by atoms with van der Waals surface area (Å²) in [5, 5.41) is 8.99. The summed E-state index contributed by atoms with van der Waals surface area (Å²) in [4.78, 5) is 11.3. The third-order valence-corrected chi connectivity index (χ3v) is 4.25. The van der Waals surface area contributed by atoms with E-state index in [4.69, 9.17) is 5.11 Å². The fourth-order valence-electron chi connectivity index (χ4n) is 1.66. The molecule has 0 saturated heterocycles. The molecule has 0 saturated carbocycles. The number of nitrogens with zero attached hydrogens (tertiary/aromatic N) is 1. The van der Waals surface area contributed by atoms with Crippen molar-refractivity contribution in [1.29, 1.82) is 0 Å². The second kappa shape index (κ2) is 7.98. The van der Waals surface area contributed by atoms with E-state index in [9.17, 15) is 13.2 Å². The molecule has 0 aliphatic heterocycles. The molecule has 1 N–H and O–H groups in total. The van der Waals surface area contributed by atoms with Gasteiger partial charge in [0.2, 0.25) is 10.0 Å². The van der Waals surface area contributed by atoms with Crippen LogP contribution in [0.15, 0.2) is 30.3 Å². The Labute approximate surface area is 119 Å². The first-order chi connectivity index (χ1) is 9.49. The smallest absolute Gasteiger partial charge is 0.322 e. The summed E-state index contributed by atoms with van der Waals surface area (Å²) in [6.45, 7) is 1.49. The summed E-state index contributed by atoms with van der Waals surface area (Å²) >= 11 is 0. The van der Waals surface area contributed by atoms with Crippen molar-refractivity contribution in [3.8, 4) is 0 Å². The number of esters is 1. The Morgan fingerprint density at radius 2 is 1.95 bits per heavy atom. The molecule has 0 spiro atoms. The molecule has 0 fully saturated rings. The maximum absolute atomic E-state index is 12.1. The number of rotatable bonds is 8. The minimum atomic E-state index is -3.81. The van der Waals surface area contributed by atoms with Crippen LogP contribution in [0, 0.1) is 0 Å². The second-order valence-corrected chi connectivity index (χ2v) is 6.07. The molecular weight excluding hydrogens is 282 g/mol. The molecule has 0 unspecified atom stereocenters. The van der Waals surface area contributed by atoms with Gasteiger partial charge in [0.25, 0.3) is 0 Å². The number of aliphatic hydroxyl groups excluding tert-OH is 1. The lowest BCUT2D eigenvalue weighted by atomic mass is 10.2. The van der Waals surface area contributed by atoms with Crippen LogP contribution in [0.25, 0.3) is 0 Å². The predicted octanol–water partition coefficient (Wildman–Crippen LogP) is 0.374. The predicted molar refractivity (Wildman–Crippen MR) is 74.4 cm³/mol. The first-order valence-electron chi connectivity index (χ1n) is 6.28. The minimum Gasteiger partial charge on any atom is -0.465 e. The van der Waals surface area contributed by atoms with E-state index in [0.717, 1.165) is 9.87 Å². The lowest BCUT2D eigenvalue weighted by Gasteiger charge is -2.20. The number of hydrogen-bond donors (Lipinski definition) is 1. The lowest BCUT2D eigenvalue weighted by Crippen LogP contribution is -2.37. The van der Waals surface area contributed by atoms with E-state index < -0.39 is 21.7 Å². The molecular formula is C13H19NO5S. The van der Waals surface area contributed by atoms with E-state index in [-0.39, 0.29) is 26.3 Å². The molecule has 0 aliphatic rings. The number of sulfonamides is 1. The van der Waals surface area contributed by atoms with Gasteiger partial charge in [0.05, 0.1) is 13.2 Å². The first-order valence-corrected chi connectivity index (χ1v) is 7.88. The molecule has 0 aromatic heterocycles. The number of carbonyl (C=O) groups is 1. The molecule has 0 amide bonds. The summed E-state index contributed by atoms with van der Waals surface area (Å²) in [6.07, 6.45) is 0. The van der Waals surface area contributed by atoms with Gasteiger partial charge >= 0.3 is 5.97 Å². The van der Waals surface area contributed by atoms with Gasteiger partial charge in [-0.25, -0.2) is 8.42 Å². The van der Waals surface area contributed by atoms with Gasteiger partial charge in [0.15, 0.2) is 5.75 Å². The van der Waals surface area contributed by atoms with Crippen molar-refractivity contribution in [2.75, 3.05) is 25.5 Å². The number of benzene rings is 1. The van der Waals surface area contributed by atoms with Gasteiger partial charge in [0.1, 0.15) is 0 Å². The van der Waals surface area contributed by atoms with Gasteiger partial charge in [-0.15, -0.1) is 0 Å². The van der Waals surface area contributed by atoms with Crippen LogP contribution in [0.4, 0.5) is 0 Å². The zero-order valence-electron chi connectivity index (χ0n) is 11.4. The number of hydrogen-bond acceptors (Lipinski definition) is 5. The van der Waals surface area contributed by atoms with Crippen LogP contribution >= 0.6 is 0 Å². The highest BCUT2D eigenvalue weighted by Crippen LogP contribution is 2.10. The van der Waals surface area contributed by atoms with Crippen LogP contribution in [0.5, 0.6) is 0 Å². The summed E-state index contributed by atoms with van der Waals surface area (Å²) in [5.74, 6) is -1.50. The van der Waals surface area contributed by atoms with Crippen molar-refractivity contribution in [2.24, 2.45) is 0 Å². The highest BCUT2D eigenvalue weighted by Gasteiger charge is 2.25. The Hall–Kier alpha value is -1.44. The van der Waals surface area contributed by atoms with Gasteiger partial charge in [-0.3, -0.25) is 4.79 Å². The quantitative estimate of drug-likeness (QED) is 0.702. The molecule has 0 aliphatic carbocycles. The van der Waals surface area contributed by atoms with Crippen molar-refractivity contribution in [3.05, 3.63) is 35.9 Å². The van der Waals surface area contributed by atoms with Crippen LogP contribution < -0.4 is 0 Å². The highest BCUT2D eigenvalue weighted by atomic mass is 32.2. The largest absolute Gasteiger partial charge is 0.465 e. The molecule has 0 radical (unpaired) electrons. The SMILES string of the molecule is CCOC(=O)CS(=O)(=O)N(CCO)Cc1ccccc1. The Morgan fingerprint density at radius 1 is 1.30 bits per heavy atom. The molecule has 1 aromatic rings. The molecule has 7 heteroatoms. The maximum atomic E-state index is 12.1. The molecule has 0 bridgehead atoms. The first kappa shape index (κ1) is 16.6. The van der Waals surface area contributed by atoms with E-state index in [1.807, 2.05) is 6.07 Å². The van der Waals surface area contributed by atoms with Crippen LogP contribution in [0.1, 0.15) is 12.5 Å². The van der Waals surface area contributed by atoms with E-state index in [0.29, 0.717) is 0 Å². The third-order valence-electron chi connectivity index (χ3n) is 2.55. The van der Waals surface area contributed by atoms with Gasteiger partial charge < -0.3 is 9.84 Å². The standard InChI is InChI=1S/C13H19NO5S/c1-2-19-13(16)11-20(17,18)14(8-9-15)10-12-6-4-3-5-7-12/h3-7,15H,2,8-11H2,1H3. The van der Waals surface area contributed by atoms with Crippen molar-refractivity contribution in [2.45, 2.75) is 13.5 Å². The molecule has 6 nitrogen and oxygen atoms in total. The van der Waals surface area contributed by atoms with E-state index >= 15 is 0 Å². The fourth-order valence-corrected chi connectivity index (χ4v) is 2.93. The zero-order valence-corrected chi connectivity index (χ0v) is 12.2. The number of aliphatic hydroxyl groups is 1. The van der Waals surface area contributed by atoms with Gasteiger partial charge in [-0.05, 0) is 12.5 Å². The maximum Gasteiger partial charge on any atom is 0.322 e. The summed E-state index contributed by atoms with van der Waals surface area (Å²) < 4.78 is 30.0. The van der Waals surface area contributed by atoms with Crippen LogP contribution in [-0.4, -0.2) is 49.3 Å². The monoisotopic (exact) mass is 301 g/mol. The van der Waals surface area contributed by atoms with E-state index in [1.54, 1.807) is 31.2 Å². The van der Waals surface area contributed by atoms with E-state index in [2.05, 4.69) is 4.74 Å². The average Bonchev–Trinajstić information content (AvgIpc) is 2.39. The zero-order chi connectivity index (χ0) is 15.0. The molecule has 1 aromatic carbocycles. The lowest BCUT2D eigenvalue weighted by molar-refractivity contribution is -0.140. The topological polar surface area (TPSA) is 83.9 Å². The minimum absolute atomic E-state index is 0.0589. The van der Waals surface area contributed by atoms with Crippen molar-refractivity contribution in [3.63, 3.8) is 0 Å². The summed E-state index contributed by atoms with van der Waals surface area (Å²) in [6, 6.07) is 8.98. The normalized spacial score (nSPS) is 11.6. The Kier molecular flexibility index (Phi) is 6.63. The van der Waals surface area contributed by atoms with Gasteiger partial charge in [0, 0.05) is 13.1 Å². The Bertz CT molecular complexity index is 515. The van der Waals surface area contributed by atoms with Crippen LogP contribution in [0.3, 0.4) is 0 Å². The summed E-state index contributed by atoms with van der Waals surface area (Å²) in [5.41, 5.74) is 0.786. The van der Waals surface area contributed by atoms with Gasteiger partial charge in [-0.2, -0.15) is 4.31 Å². The number of ether oxygens (including phenoxy) is 1. The van der Waals surface area contributed by atoms with Crippen molar-refractivity contribution in [1.82, 2.24) is 4.31 Å². The highest BCUT2D eigenvalue weighted by molar-refractivity contribution is 7.89. The molecule has 20 heavy (non-hydrogen) atoms. The molecule has 1 rings (SSSR count). The Morgan fingerprint density at radius 3 is 2.50 bits per heavy atom. The van der Waals surface area contributed by atoms with Crippen molar-refractivity contribution >= 4 is 16.0 Å². The van der Waals surface area contributed by atoms with Crippen LogP contribution in [0.2, 0.25) is 0 Å². The average molecular weight is 301 g/mol.